The maximum absolute atomic E-state index is 8.51. The van der Waals surface area contributed by atoms with Gasteiger partial charge in [0.25, 0.3) is 8.32 Å². The minimum Gasteiger partial charge on any atom is -0.490 e. The Bertz CT molecular complexity index is 7870. The highest BCUT2D eigenvalue weighted by molar-refractivity contribution is 6.99. The van der Waals surface area contributed by atoms with E-state index in [2.05, 4.69) is 415 Å². The molecule has 20 aromatic rings. The van der Waals surface area contributed by atoms with Crippen LogP contribution in [-0.4, -0.2) is 119 Å². The maximum atomic E-state index is 8.51. The third-order valence-electron chi connectivity index (χ3n) is 29.4. The van der Waals surface area contributed by atoms with Gasteiger partial charge in [-0.05, 0) is 118 Å². The molecule has 0 spiro atoms. The number of hydrogen-bond acceptors (Lipinski definition) is 14. The second-order valence-electron chi connectivity index (χ2n) is 39.2. The molecule has 14 nitrogen and oxygen atoms in total. The summed E-state index contributed by atoms with van der Waals surface area (Å²) in [6, 6.07) is 153. The van der Waals surface area contributed by atoms with Crippen molar-refractivity contribution < 1.29 is 66.0 Å². The highest BCUT2D eigenvalue weighted by Crippen LogP contribution is 2.49. The zero-order valence-corrected chi connectivity index (χ0v) is 80.8. The molecular formula is C128H110O14Si. The van der Waals surface area contributed by atoms with Crippen LogP contribution < -0.4 is 53.0 Å². The molecule has 0 saturated carbocycles. The van der Waals surface area contributed by atoms with Crippen molar-refractivity contribution in [2.75, 3.05) is 13.2 Å². The van der Waals surface area contributed by atoms with E-state index in [9.17, 15) is 0 Å². The predicted octanol–water partition coefficient (Wildman–Crippen LogP) is 27.2. The van der Waals surface area contributed by atoms with Crippen LogP contribution in [0.15, 0.2) is 443 Å². The third-order valence-corrected chi connectivity index (χ3v) is 34.4. The molecule has 0 aliphatic carbocycles. The fourth-order valence-corrected chi connectivity index (χ4v) is 27.2. The summed E-state index contributed by atoms with van der Waals surface area (Å²) in [6.07, 6.45) is -13.0. The van der Waals surface area contributed by atoms with Crippen LogP contribution in [0.4, 0.5) is 0 Å². The van der Waals surface area contributed by atoms with E-state index < -0.39 is 111 Å². The van der Waals surface area contributed by atoms with Gasteiger partial charge in [-0.25, -0.2) is 0 Å². The summed E-state index contributed by atoms with van der Waals surface area (Å²) in [7, 11) is -3.30. The van der Waals surface area contributed by atoms with E-state index in [0.29, 0.717) is 58.2 Å². The van der Waals surface area contributed by atoms with Gasteiger partial charge >= 0.3 is 0 Å². The summed E-state index contributed by atoms with van der Waals surface area (Å²) in [4.78, 5) is 0. The molecule has 0 N–H and O–H groups in total. The number of benzene rings is 20. The molecule has 24 rings (SSSR count). The molecule has 4 aliphatic heterocycles. The maximum Gasteiger partial charge on any atom is 0.261 e. The van der Waals surface area contributed by atoms with Gasteiger partial charge in [0, 0.05) is 74.2 Å². The summed E-state index contributed by atoms with van der Waals surface area (Å²) in [5, 5.41) is 19.3. The fourth-order valence-electron chi connectivity index (χ4n) is 22.6. The van der Waals surface area contributed by atoms with E-state index in [1.807, 2.05) is 48.5 Å². The number of rotatable bonds is 29. The average molecular weight is 1900 g/mol. The first-order chi connectivity index (χ1) is 70.5. The molecule has 0 amide bonds. The molecular weight excluding hydrogens is 1790 g/mol. The average Bonchev–Trinajstić information content (AvgIpc) is 0.742. The monoisotopic (exact) mass is 1900 g/mol. The van der Waals surface area contributed by atoms with Crippen LogP contribution in [0.1, 0.15) is 46.5 Å². The molecule has 4 fully saturated rings. The minimum absolute atomic E-state index is 0.0617. The van der Waals surface area contributed by atoms with Crippen LogP contribution in [-0.2, 0) is 23.4 Å². The number of hydrogen-bond donors (Lipinski definition) is 0. The van der Waals surface area contributed by atoms with Gasteiger partial charge in [0.05, 0.1) is 18.8 Å². The Kier molecular flexibility index (Phi) is 25.2. The molecule has 0 unspecified atom stereocenters. The van der Waals surface area contributed by atoms with Crippen LogP contribution in [0.3, 0.4) is 0 Å². The lowest BCUT2D eigenvalue weighted by molar-refractivity contribution is -0.282. The summed E-state index contributed by atoms with van der Waals surface area (Å²) in [6.45, 7) is 7.14. The van der Waals surface area contributed by atoms with E-state index >= 15 is 0 Å². The van der Waals surface area contributed by atoms with Crippen molar-refractivity contribution in [1.29, 1.82) is 0 Å². The van der Waals surface area contributed by atoms with Crippen molar-refractivity contribution in [2.45, 2.75) is 149 Å². The quantitative estimate of drug-likeness (QED) is 0.0412. The zero-order valence-electron chi connectivity index (χ0n) is 79.8. The van der Waals surface area contributed by atoms with Gasteiger partial charge in [-0.2, -0.15) is 0 Å². The second-order valence-corrected chi connectivity index (χ2v) is 43.5. The number of fused-ring (bicyclic) bond motifs is 11. The molecule has 0 aromatic heterocycles. The molecule has 15 heteroatoms. The van der Waals surface area contributed by atoms with Gasteiger partial charge in [0.2, 0.25) is 0 Å². The van der Waals surface area contributed by atoms with Crippen LogP contribution in [0.25, 0.3) is 97.0 Å². The largest absolute Gasteiger partial charge is 0.490 e. The Balaban J connectivity index is 0.691. The standard InChI is InChI=1S/C128H110O14Si/c1-128(2,3)143(93-55-6-4-7-56-93,94-57-8-5-9-58-94)130-82-119-113(132-106-70-30-48-85-39-12-21-61-97(85)106)79-117-123(141-119)126(139-111-75-35-53-90-44-17-26-66-102(90)111)122(137-109-73-33-51-88-42-15-24-64-100(88)109)115(135-117)78-92(131-105-69-29-47-84-38-11-20-60-96(84)105)77-114(133-107-71-31-49-86-40-13-22-62-98(86)107)121-116(134-108-72-32-50-87-41-14-23-63-99(87)108)80-118-124(142-121)127(140-112-76-36-54-91-45-18-27-67-103(91)112)125(138-110-74-34-52-89-43-16-25-65-101(89)110)120(136-118)81-129-104-68-28-46-83-37-10-19-59-95(83)104/h4-76,92,113-127H,77-82H2,1-3H3/t92-,113+,114+,115-,116+,117-,118-,119-,120-,121-,122-,123+,124+,125-,126+,127-/m0/s1. The van der Waals surface area contributed by atoms with Crippen molar-refractivity contribution in [3.8, 4) is 51.7 Å². The Morgan fingerprint density at radius 2 is 0.545 bits per heavy atom. The molecule has 20 aromatic carbocycles. The van der Waals surface area contributed by atoms with Crippen LogP contribution in [0.2, 0.25) is 5.04 Å². The molecule has 16 atom stereocenters. The lowest BCUT2D eigenvalue weighted by Gasteiger charge is -2.52. The summed E-state index contributed by atoms with van der Waals surface area (Å²) in [5.74, 6) is 5.91. The topological polar surface area (TPSA) is 129 Å². The molecule has 4 saturated heterocycles. The van der Waals surface area contributed by atoms with E-state index in [1.165, 1.54) is 0 Å². The van der Waals surface area contributed by atoms with Crippen molar-refractivity contribution in [2.24, 2.45) is 0 Å². The Hall–Kier alpha value is -15.0. The van der Waals surface area contributed by atoms with Gasteiger partial charge in [-0.1, -0.05) is 409 Å². The van der Waals surface area contributed by atoms with Crippen LogP contribution >= 0.6 is 0 Å². The van der Waals surface area contributed by atoms with Crippen molar-refractivity contribution in [1.82, 2.24) is 0 Å². The summed E-state index contributed by atoms with van der Waals surface area (Å²) in [5.41, 5.74) is 0. The SMILES string of the molecule is CC(C)(C)[Si](OC[C@@H]1O[C@H]2[C@H](Oc3cccc4ccccc34)[C@@H](Oc3cccc4ccccc34)[C@H](C[C@H](C[C@@H](Oc3cccc4ccccc34)[C@@H]3O[C@H]4[C@H](Oc5cccc6ccccc56)[C@@H](Oc5cccc6ccccc56)[C@H](COc5cccc6ccccc56)O[C@H]4C[C@H]3Oc3cccc4ccccc34)Oc3cccc4ccccc34)O[C@H]2C[C@H]1Oc1cccc2ccccc12)(c1ccccc1)c1ccccc1. The first-order valence-electron chi connectivity index (χ1n) is 50.1. The van der Waals surface area contributed by atoms with Gasteiger partial charge in [0.1, 0.15) is 119 Å². The molecule has 0 bridgehead atoms. The van der Waals surface area contributed by atoms with Crippen LogP contribution in [0, 0.1) is 0 Å². The van der Waals surface area contributed by atoms with Crippen molar-refractivity contribution in [3.63, 3.8) is 0 Å². The highest BCUT2D eigenvalue weighted by atomic mass is 28.4. The first kappa shape index (κ1) is 90.5. The Morgan fingerprint density at radius 1 is 0.259 bits per heavy atom. The van der Waals surface area contributed by atoms with E-state index in [4.69, 9.17) is 66.0 Å². The van der Waals surface area contributed by atoms with E-state index in [-0.39, 0.29) is 32.5 Å². The lowest BCUT2D eigenvalue weighted by Crippen LogP contribution is -2.69. The summed E-state index contributed by atoms with van der Waals surface area (Å²) < 4.78 is 113. The minimum atomic E-state index is -3.30. The van der Waals surface area contributed by atoms with Crippen LogP contribution in [0.5, 0.6) is 51.7 Å². The Labute approximate surface area is 833 Å². The van der Waals surface area contributed by atoms with Gasteiger partial charge in [-0.3, -0.25) is 0 Å². The smallest absolute Gasteiger partial charge is 0.261 e. The number of ether oxygens (including phenoxy) is 13. The van der Waals surface area contributed by atoms with Crippen molar-refractivity contribution >= 4 is 116 Å². The molecule has 710 valence electrons. The highest BCUT2D eigenvalue weighted by Gasteiger charge is 2.60. The van der Waals surface area contributed by atoms with Gasteiger partial charge in [0.15, 0.2) is 24.4 Å². The van der Waals surface area contributed by atoms with E-state index in [1.54, 1.807) is 0 Å². The Morgan fingerprint density at radius 3 is 0.930 bits per heavy atom. The van der Waals surface area contributed by atoms with Crippen molar-refractivity contribution in [3.05, 3.63) is 443 Å². The second kappa shape index (κ2) is 39.8. The molecule has 4 aliphatic rings. The van der Waals surface area contributed by atoms with E-state index in [0.717, 1.165) is 107 Å². The molecule has 143 heavy (non-hydrogen) atoms. The summed E-state index contributed by atoms with van der Waals surface area (Å²) >= 11 is 0. The third kappa shape index (κ3) is 18.2. The van der Waals surface area contributed by atoms with Gasteiger partial charge < -0.3 is 66.0 Å². The fraction of sp³-hybridized carbons (Fsp3) is 0.203. The van der Waals surface area contributed by atoms with Gasteiger partial charge in [-0.15, -0.1) is 0 Å². The normalized spacial score (nSPS) is 21.7. The zero-order chi connectivity index (χ0) is 95.7. The molecule has 4 heterocycles. The predicted molar refractivity (Wildman–Crippen MR) is 573 cm³/mol. The molecule has 0 radical (unpaired) electrons. The first-order valence-corrected chi connectivity index (χ1v) is 52.0. The lowest BCUT2D eigenvalue weighted by atomic mass is 9.84.